The fourth-order valence-corrected chi connectivity index (χ4v) is 4.03. The topological polar surface area (TPSA) is 30.7 Å². The number of nitrogens with zero attached hydrogens (tertiary/aromatic N) is 3. The van der Waals surface area contributed by atoms with E-state index in [9.17, 15) is 0 Å². The van der Waals surface area contributed by atoms with Crippen LogP contribution >= 0.6 is 24.4 Å². The first-order chi connectivity index (χ1) is 7.67. The lowest BCUT2D eigenvalue weighted by Gasteiger charge is -2.25. The molecule has 0 radical (unpaired) electrons. The molecule has 1 aliphatic rings. The Balaban J connectivity index is 1.98. The highest BCUT2D eigenvalue weighted by atomic mass is 32.2. The summed E-state index contributed by atoms with van der Waals surface area (Å²) in [5, 5.41) is 9.31. The van der Waals surface area contributed by atoms with Gasteiger partial charge in [0.2, 0.25) is 0 Å². The first-order valence-electron chi connectivity index (χ1n) is 5.76. The number of thioether (sulfide) groups is 1. The van der Waals surface area contributed by atoms with E-state index in [1.54, 1.807) is 0 Å². The predicted octanol–water partition coefficient (Wildman–Crippen LogP) is 2.71. The number of rotatable bonds is 4. The Labute approximate surface area is 107 Å². The van der Waals surface area contributed by atoms with E-state index >= 15 is 0 Å². The van der Waals surface area contributed by atoms with Crippen molar-refractivity contribution in [3.8, 4) is 0 Å². The Morgan fingerprint density at radius 2 is 2.06 bits per heavy atom. The molecule has 90 valence electrons. The zero-order chi connectivity index (χ0) is 11.6. The Hall–Kier alpha value is -0.160. The monoisotopic (exact) mass is 257 g/mol. The van der Waals surface area contributed by atoms with Gasteiger partial charge in [-0.2, -0.15) is 12.6 Å². The molecule has 0 aromatic carbocycles. The molecule has 1 heterocycles. The summed E-state index contributed by atoms with van der Waals surface area (Å²) in [6, 6.07) is 0. The standard InChI is InChI=1S/C11H19N3S2/c1-9-12-13-10(14(9)2)16-8-11(7-15)5-3-4-6-11/h15H,3-8H2,1-2H3. The molecule has 0 N–H and O–H groups in total. The molecular formula is C11H19N3S2. The Morgan fingerprint density at radius 1 is 1.38 bits per heavy atom. The molecule has 0 unspecified atom stereocenters. The molecule has 0 saturated heterocycles. The van der Waals surface area contributed by atoms with Crippen LogP contribution in [0.3, 0.4) is 0 Å². The van der Waals surface area contributed by atoms with Crippen LogP contribution in [-0.4, -0.2) is 26.3 Å². The van der Waals surface area contributed by atoms with Crippen molar-refractivity contribution >= 4 is 24.4 Å². The number of hydrogen-bond acceptors (Lipinski definition) is 4. The molecule has 1 saturated carbocycles. The van der Waals surface area contributed by atoms with E-state index in [4.69, 9.17) is 0 Å². The van der Waals surface area contributed by atoms with Gasteiger partial charge in [-0.25, -0.2) is 0 Å². The summed E-state index contributed by atoms with van der Waals surface area (Å²) < 4.78 is 2.06. The van der Waals surface area contributed by atoms with Crippen molar-refractivity contribution in [3.63, 3.8) is 0 Å². The Kier molecular flexibility index (Phi) is 3.85. The second kappa shape index (κ2) is 5.00. The summed E-state index contributed by atoms with van der Waals surface area (Å²) in [6.45, 7) is 1.99. The van der Waals surface area contributed by atoms with Gasteiger partial charge in [0.1, 0.15) is 5.82 Å². The van der Waals surface area contributed by atoms with Gasteiger partial charge in [-0.1, -0.05) is 24.6 Å². The van der Waals surface area contributed by atoms with Crippen LogP contribution in [0.15, 0.2) is 5.16 Å². The van der Waals surface area contributed by atoms with E-state index in [0.717, 1.165) is 22.5 Å². The number of aromatic nitrogens is 3. The van der Waals surface area contributed by atoms with Gasteiger partial charge in [0.05, 0.1) is 0 Å². The van der Waals surface area contributed by atoms with E-state index in [-0.39, 0.29) is 0 Å². The second-order valence-corrected chi connectivity index (χ2v) is 6.00. The predicted molar refractivity (Wildman–Crippen MR) is 71.2 cm³/mol. The third kappa shape index (κ3) is 2.40. The van der Waals surface area contributed by atoms with Crippen LogP contribution < -0.4 is 0 Å². The van der Waals surface area contributed by atoms with Gasteiger partial charge in [0.25, 0.3) is 0 Å². The van der Waals surface area contributed by atoms with Gasteiger partial charge in [0, 0.05) is 12.8 Å². The van der Waals surface area contributed by atoms with Crippen LogP contribution in [0.25, 0.3) is 0 Å². The fraction of sp³-hybridized carbons (Fsp3) is 0.818. The smallest absolute Gasteiger partial charge is 0.190 e. The van der Waals surface area contributed by atoms with Crippen molar-refractivity contribution < 1.29 is 0 Å². The maximum Gasteiger partial charge on any atom is 0.190 e. The second-order valence-electron chi connectivity index (χ2n) is 4.74. The van der Waals surface area contributed by atoms with Crippen molar-refractivity contribution in [3.05, 3.63) is 5.82 Å². The van der Waals surface area contributed by atoms with E-state index in [1.807, 2.05) is 25.7 Å². The average molecular weight is 257 g/mol. The minimum Gasteiger partial charge on any atom is -0.309 e. The number of hydrogen-bond donors (Lipinski definition) is 1. The minimum atomic E-state index is 0.438. The Morgan fingerprint density at radius 3 is 2.56 bits per heavy atom. The third-order valence-electron chi connectivity index (χ3n) is 3.56. The Bertz CT molecular complexity index is 356. The van der Waals surface area contributed by atoms with Crippen LogP contribution in [0.1, 0.15) is 31.5 Å². The molecule has 2 rings (SSSR count). The van der Waals surface area contributed by atoms with Gasteiger partial charge in [0.15, 0.2) is 5.16 Å². The fourth-order valence-electron chi connectivity index (χ4n) is 2.20. The first kappa shape index (κ1) is 12.3. The van der Waals surface area contributed by atoms with Crippen LogP contribution in [0.5, 0.6) is 0 Å². The summed E-state index contributed by atoms with van der Waals surface area (Å²) in [6.07, 6.45) is 5.36. The van der Waals surface area contributed by atoms with Crippen molar-refractivity contribution in [1.82, 2.24) is 14.8 Å². The van der Waals surface area contributed by atoms with E-state index in [2.05, 4.69) is 27.4 Å². The number of aryl methyl sites for hydroxylation is 1. The normalized spacial score (nSPS) is 19.2. The molecule has 16 heavy (non-hydrogen) atoms. The lowest BCUT2D eigenvalue weighted by Crippen LogP contribution is -2.21. The summed E-state index contributed by atoms with van der Waals surface area (Å²) >= 11 is 6.35. The van der Waals surface area contributed by atoms with Crippen LogP contribution in [-0.2, 0) is 7.05 Å². The largest absolute Gasteiger partial charge is 0.309 e. The van der Waals surface area contributed by atoms with Crippen molar-refractivity contribution in [2.24, 2.45) is 12.5 Å². The van der Waals surface area contributed by atoms with Crippen molar-refractivity contribution in [2.45, 2.75) is 37.8 Å². The molecule has 1 fully saturated rings. The molecule has 1 aromatic heterocycles. The van der Waals surface area contributed by atoms with Crippen LogP contribution in [0.2, 0.25) is 0 Å². The lowest BCUT2D eigenvalue weighted by molar-refractivity contribution is 0.403. The summed E-state index contributed by atoms with van der Waals surface area (Å²) in [5.74, 6) is 3.10. The average Bonchev–Trinajstić information content (AvgIpc) is 2.87. The zero-order valence-electron chi connectivity index (χ0n) is 9.94. The molecule has 0 amide bonds. The van der Waals surface area contributed by atoms with Gasteiger partial charge in [-0.15, -0.1) is 10.2 Å². The maximum atomic E-state index is 4.52. The lowest BCUT2D eigenvalue weighted by atomic mass is 9.91. The van der Waals surface area contributed by atoms with E-state index in [0.29, 0.717) is 5.41 Å². The van der Waals surface area contributed by atoms with Crippen molar-refractivity contribution in [1.29, 1.82) is 0 Å². The SMILES string of the molecule is Cc1nnc(SCC2(CS)CCCC2)n1C. The highest BCUT2D eigenvalue weighted by Gasteiger charge is 2.32. The van der Waals surface area contributed by atoms with Crippen LogP contribution in [0.4, 0.5) is 0 Å². The third-order valence-corrected chi connectivity index (χ3v) is 5.60. The zero-order valence-corrected chi connectivity index (χ0v) is 11.7. The summed E-state index contributed by atoms with van der Waals surface area (Å²) in [7, 11) is 2.03. The molecular weight excluding hydrogens is 238 g/mol. The van der Waals surface area contributed by atoms with Gasteiger partial charge < -0.3 is 4.57 Å². The van der Waals surface area contributed by atoms with E-state index < -0.39 is 0 Å². The quantitative estimate of drug-likeness (QED) is 0.664. The minimum absolute atomic E-state index is 0.438. The van der Waals surface area contributed by atoms with Crippen molar-refractivity contribution in [2.75, 3.05) is 11.5 Å². The number of thiol groups is 1. The summed E-state index contributed by atoms with van der Waals surface area (Å²) in [5.41, 5.74) is 0.438. The molecule has 1 aromatic rings. The van der Waals surface area contributed by atoms with Gasteiger partial charge in [-0.05, 0) is 30.9 Å². The molecule has 0 bridgehead atoms. The molecule has 3 nitrogen and oxygen atoms in total. The van der Waals surface area contributed by atoms with E-state index in [1.165, 1.54) is 25.7 Å². The molecule has 1 aliphatic carbocycles. The van der Waals surface area contributed by atoms with Gasteiger partial charge in [-0.3, -0.25) is 0 Å². The van der Waals surface area contributed by atoms with Crippen LogP contribution in [0, 0.1) is 12.3 Å². The molecule has 0 spiro atoms. The molecule has 5 heteroatoms. The highest BCUT2D eigenvalue weighted by Crippen LogP contribution is 2.42. The molecule has 0 aliphatic heterocycles. The van der Waals surface area contributed by atoms with Gasteiger partial charge >= 0.3 is 0 Å². The highest BCUT2D eigenvalue weighted by molar-refractivity contribution is 7.99. The summed E-state index contributed by atoms with van der Waals surface area (Å²) in [4.78, 5) is 0. The first-order valence-corrected chi connectivity index (χ1v) is 7.38. The molecule has 0 atom stereocenters. The maximum absolute atomic E-state index is 4.52.